The SMILES string of the molecule is Cc1cc(C2(c3ccc(N)c(C)c3)c3cc(S(=O)(=O)O)ccc3-c3ccc(S(=O)(=O)O)cc32)ccc1N. The minimum atomic E-state index is -4.56. The van der Waals surface area contributed by atoms with E-state index in [-0.39, 0.29) is 9.79 Å². The fraction of sp³-hybridized carbons (Fsp3) is 0.111. The minimum absolute atomic E-state index is 0.308. The Kier molecular flexibility index (Phi) is 5.50. The molecular weight excluding hydrogens is 512 g/mol. The molecule has 0 spiro atoms. The van der Waals surface area contributed by atoms with Crippen molar-refractivity contribution in [3.8, 4) is 11.1 Å². The van der Waals surface area contributed by atoms with Crippen LogP contribution in [0.4, 0.5) is 11.4 Å². The number of hydrogen-bond donors (Lipinski definition) is 4. The van der Waals surface area contributed by atoms with Gasteiger partial charge >= 0.3 is 0 Å². The Labute approximate surface area is 215 Å². The molecule has 4 aromatic rings. The van der Waals surface area contributed by atoms with Gasteiger partial charge in [0.25, 0.3) is 20.2 Å². The number of nitrogens with two attached hydrogens (primary N) is 2. The maximum atomic E-state index is 12.2. The van der Waals surface area contributed by atoms with E-state index in [9.17, 15) is 25.9 Å². The van der Waals surface area contributed by atoms with E-state index in [2.05, 4.69) is 0 Å². The third-order valence-corrected chi connectivity index (χ3v) is 8.78. The quantitative estimate of drug-likeness (QED) is 0.195. The minimum Gasteiger partial charge on any atom is -0.399 e. The van der Waals surface area contributed by atoms with Crippen LogP contribution in [0.5, 0.6) is 0 Å². The Morgan fingerprint density at radius 2 is 0.973 bits per heavy atom. The molecular formula is C27H24N2O6S2. The maximum Gasteiger partial charge on any atom is 0.294 e. The van der Waals surface area contributed by atoms with E-state index in [1.165, 1.54) is 24.3 Å². The van der Waals surface area contributed by atoms with E-state index in [4.69, 9.17) is 11.5 Å². The van der Waals surface area contributed by atoms with Gasteiger partial charge in [0.2, 0.25) is 0 Å². The molecule has 0 fully saturated rings. The molecule has 0 aliphatic heterocycles. The van der Waals surface area contributed by atoms with Gasteiger partial charge in [-0.3, -0.25) is 9.11 Å². The highest BCUT2D eigenvalue weighted by Gasteiger charge is 2.47. The first-order chi connectivity index (χ1) is 17.2. The van der Waals surface area contributed by atoms with Crippen LogP contribution in [-0.4, -0.2) is 25.9 Å². The van der Waals surface area contributed by atoms with E-state index in [1.54, 1.807) is 36.4 Å². The lowest BCUT2D eigenvalue weighted by Gasteiger charge is -2.35. The largest absolute Gasteiger partial charge is 0.399 e. The van der Waals surface area contributed by atoms with Crippen LogP contribution >= 0.6 is 0 Å². The topological polar surface area (TPSA) is 161 Å². The lowest BCUT2D eigenvalue weighted by atomic mass is 9.67. The van der Waals surface area contributed by atoms with Crippen LogP contribution in [0, 0.1) is 13.8 Å². The van der Waals surface area contributed by atoms with Crippen molar-refractivity contribution in [2.45, 2.75) is 29.1 Å². The van der Waals surface area contributed by atoms with Gasteiger partial charge in [-0.2, -0.15) is 16.8 Å². The Bertz CT molecular complexity index is 1700. The van der Waals surface area contributed by atoms with Crippen LogP contribution in [0.25, 0.3) is 11.1 Å². The molecule has 10 heteroatoms. The predicted octanol–water partition coefficient (Wildman–Crippen LogP) is 4.32. The molecule has 0 radical (unpaired) electrons. The first kappa shape index (κ1) is 25.0. The molecule has 0 amide bonds. The number of fused-ring (bicyclic) bond motifs is 3. The molecule has 4 aromatic carbocycles. The Hall–Kier alpha value is -3.70. The van der Waals surface area contributed by atoms with E-state index in [0.717, 1.165) is 11.1 Å². The molecule has 5 rings (SSSR count). The molecule has 0 saturated carbocycles. The zero-order chi connectivity index (χ0) is 26.9. The number of aryl methyl sites for hydroxylation is 2. The zero-order valence-electron chi connectivity index (χ0n) is 19.9. The normalized spacial score (nSPS) is 14.3. The summed E-state index contributed by atoms with van der Waals surface area (Å²) in [7, 11) is -9.13. The van der Waals surface area contributed by atoms with Crippen molar-refractivity contribution >= 4 is 31.6 Å². The highest BCUT2D eigenvalue weighted by molar-refractivity contribution is 7.86. The van der Waals surface area contributed by atoms with Gasteiger partial charge in [0.1, 0.15) is 0 Å². The maximum absolute atomic E-state index is 12.2. The number of benzene rings is 4. The van der Waals surface area contributed by atoms with Crippen molar-refractivity contribution in [2.75, 3.05) is 11.5 Å². The van der Waals surface area contributed by atoms with Gasteiger partial charge in [-0.1, -0.05) is 36.4 Å². The molecule has 1 aliphatic rings. The van der Waals surface area contributed by atoms with Gasteiger partial charge < -0.3 is 11.5 Å². The molecule has 0 aromatic heterocycles. The van der Waals surface area contributed by atoms with Crippen LogP contribution < -0.4 is 11.5 Å². The Morgan fingerprint density at radius 3 is 1.30 bits per heavy atom. The lowest BCUT2D eigenvalue weighted by Crippen LogP contribution is -2.29. The van der Waals surface area contributed by atoms with Crippen LogP contribution in [0.1, 0.15) is 33.4 Å². The summed E-state index contributed by atoms with van der Waals surface area (Å²) in [5.74, 6) is 0. The third kappa shape index (κ3) is 3.80. The standard InChI is InChI=1S/C27H24N2O6S2/c1-15-11-17(3-9-25(15)28)27(18-4-10-26(29)16(2)12-18)23-13-19(36(30,31)32)5-7-21(23)22-8-6-20(14-24(22)27)37(33,34)35/h3-14H,28-29H2,1-2H3,(H,30,31,32)(H,33,34,35). The zero-order valence-corrected chi connectivity index (χ0v) is 21.6. The van der Waals surface area contributed by atoms with E-state index in [1.807, 2.05) is 26.0 Å². The van der Waals surface area contributed by atoms with Gasteiger partial charge in [-0.05, 0) is 94.8 Å². The third-order valence-electron chi connectivity index (χ3n) is 7.08. The molecule has 0 unspecified atom stereocenters. The number of rotatable bonds is 4. The second-order valence-electron chi connectivity index (χ2n) is 9.26. The van der Waals surface area contributed by atoms with Gasteiger partial charge in [0.15, 0.2) is 0 Å². The molecule has 6 N–H and O–H groups in total. The Morgan fingerprint density at radius 1 is 0.595 bits per heavy atom. The summed E-state index contributed by atoms with van der Waals surface area (Å²) in [5.41, 5.74) is 17.3. The van der Waals surface area contributed by atoms with Gasteiger partial charge in [-0.15, -0.1) is 0 Å². The lowest BCUT2D eigenvalue weighted by molar-refractivity contribution is 0.481. The van der Waals surface area contributed by atoms with Crippen LogP contribution in [0.3, 0.4) is 0 Å². The molecule has 8 nitrogen and oxygen atoms in total. The molecule has 0 saturated heterocycles. The van der Waals surface area contributed by atoms with E-state index in [0.29, 0.717) is 44.8 Å². The van der Waals surface area contributed by atoms with Gasteiger partial charge in [-0.25, -0.2) is 0 Å². The number of hydrogen-bond acceptors (Lipinski definition) is 6. The monoisotopic (exact) mass is 536 g/mol. The van der Waals surface area contributed by atoms with Gasteiger partial charge in [0.05, 0.1) is 15.2 Å². The predicted molar refractivity (Wildman–Crippen MR) is 142 cm³/mol. The summed E-state index contributed by atoms with van der Waals surface area (Å²) in [6.07, 6.45) is 0. The van der Waals surface area contributed by atoms with Crippen molar-refractivity contribution in [2.24, 2.45) is 0 Å². The smallest absolute Gasteiger partial charge is 0.294 e. The molecule has 0 heterocycles. The highest BCUT2D eigenvalue weighted by Crippen LogP contribution is 2.57. The second kappa shape index (κ2) is 8.15. The fourth-order valence-corrected chi connectivity index (χ4v) is 6.22. The van der Waals surface area contributed by atoms with Crippen molar-refractivity contribution in [1.29, 1.82) is 0 Å². The fourth-order valence-electron chi connectivity index (χ4n) is 5.21. The van der Waals surface area contributed by atoms with Crippen molar-refractivity contribution in [3.05, 3.63) is 106 Å². The van der Waals surface area contributed by atoms with Crippen molar-refractivity contribution < 1.29 is 25.9 Å². The van der Waals surface area contributed by atoms with E-state index < -0.39 is 25.7 Å². The van der Waals surface area contributed by atoms with Crippen molar-refractivity contribution in [1.82, 2.24) is 0 Å². The second-order valence-corrected chi connectivity index (χ2v) is 12.1. The molecule has 0 bridgehead atoms. The molecule has 190 valence electrons. The number of nitrogen functional groups attached to an aromatic ring is 2. The molecule has 1 aliphatic carbocycles. The average molecular weight is 537 g/mol. The average Bonchev–Trinajstić information content (AvgIpc) is 3.11. The summed E-state index contributed by atoms with van der Waals surface area (Å²) in [6, 6.07) is 19.3. The Balaban J connectivity index is 2.04. The highest BCUT2D eigenvalue weighted by atomic mass is 32.2. The first-order valence-corrected chi connectivity index (χ1v) is 14.1. The van der Waals surface area contributed by atoms with Crippen LogP contribution in [0.15, 0.2) is 82.6 Å². The number of anilines is 2. The van der Waals surface area contributed by atoms with Crippen LogP contribution in [-0.2, 0) is 25.7 Å². The van der Waals surface area contributed by atoms with Gasteiger partial charge in [0, 0.05) is 11.4 Å². The molecule has 0 atom stereocenters. The van der Waals surface area contributed by atoms with E-state index >= 15 is 0 Å². The summed E-state index contributed by atoms with van der Waals surface area (Å²) >= 11 is 0. The summed E-state index contributed by atoms with van der Waals surface area (Å²) in [5, 5.41) is 0. The first-order valence-electron chi connectivity index (χ1n) is 11.2. The van der Waals surface area contributed by atoms with Crippen molar-refractivity contribution in [3.63, 3.8) is 0 Å². The van der Waals surface area contributed by atoms with Crippen LogP contribution in [0.2, 0.25) is 0 Å². The summed E-state index contributed by atoms with van der Waals surface area (Å²) < 4.78 is 68.5. The summed E-state index contributed by atoms with van der Waals surface area (Å²) in [6.45, 7) is 3.67. The summed E-state index contributed by atoms with van der Waals surface area (Å²) in [4.78, 5) is -0.615. The molecule has 37 heavy (non-hydrogen) atoms.